The van der Waals surface area contributed by atoms with E-state index in [1.807, 2.05) is 6.07 Å². The fourth-order valence-corrected chi connectivity index (χ4v) is 5.65. The molecule has 2 N–H and O–H groups in total. The fourth-order valence-electron chi connectivity index (χ4n) is 5.65. The van der Waals surface area contributed by atoms with Crippen LogP contribution in [-0.4, -0.2) is 112 Å². The highest BCUT2D eigenvalue weighted by Gasteiger charge is 2.47. The Hall–Kier alpha value is -3.53. The van der Waals surface area contributed by atoms with Gasteiger partial charge in [-0.05, 0) is 25.0 Å². The highest BCUT2D eigenvalue weighted by atomic mass is 19.2. The highest BCUT2D eigenvalue weighted by Crippen LogP contribution is 2.35. The lowest BCUT2D eigenvalue weighted by molar-refractivity contribution is -0.212. The van der Waals surface area contributed by atoms with Crippen molar-refractivity contribution in [1.82, 2.24) is 30.0 Å². The average molecular weight is 595 g/mol. The minimum Gasteiger partial charge on any atom is -0.394 e. The van der Waals surface area contributed by atoms with E-state index in [9.17, 15) is 28.2 Å². The predicted molar refractivity (Wildman–Crippen MR) is 140 cm³/mol. The fraction of sp³-hybridized carbons (Fsp3) is 0.556. The smallest absolute Gasteiger partial charge is 0.319 e. The van der Waals surface area contributed by atoms with E-state index in [0.29, 0.717) is 24.5 Å². The quantitative estimate of drug-likeness (QED) is 0.394. The number of carbonyl (C=O) groups is 1. The number of likely N-dealkylation sites (tertiary alicyclic amines) is 1. The van der Waals surface area contributed by atoms with Crippen LogP contribution in [0.15, 0.2) is 28.9 Å². The molecule has 2 aliphatic rings. The van der Waals surface area contributed by atoms with Crippen molar-refractivity contribution < 1.29 is 42.2 Å². The molecule has 0 bridgehead atoms. The lowest BCUT2D eigenvalue weighted by Crippen LogP contribution is -2.57. The van der Waals surface area contributed by atoms with E-state index in [1.54, 1.807) is 23.9 Å². The van der Waals surface area contributed by atoms with Gasteiger partial charge in [-0.15, -0.1) is 5.10 Å². The molecule has 2 fully saturated rings. The van der Waals surface area contributed by atoms with Gasteiger partial charge in [0.05, 0.1) is 24.6 Å². The zero-order valence-corrected chi connectivity index (χ0v) is 23.4. The number of piperidine rings is 1. The maximum absolute atomic E-state index is 13.8. The number of amides is 2. The first-order chi connectivity index (χ1) is 20.1. The summed E-state index contributed by atoms with van der Waals surface area (Å²) in [5.74, 6) is -3.56. The molecule has 0 spiro atoms. The normalized spacial score (nSPS) is 25.1. The third kappa shape index (κ3) is 5.86. The van der Waals surface area contributed by atoms with Crippen LogP contribution in [0.4, 0.5) is 18.0 Å². The molecule has 2 aliphatic heterocycles. The SMILES string of the molecule is CO[C@@H]1[C@@H](n2cc(-c3cc(F)c(F)c(F)c3)nn2)[C@@H](O)[C@@H](CO)O[C@@H]1Cc1cc(C2CCN(C(=O)N(C)C)CC2)on1. The summed E-state index contributed by atoms with van der Waals surface area (Å²) in [6, 6.07) is 2.49. The van der Waals surface area contributed by atoms with Crippen LogP contribution in [0.5, 0.6) is 0 Å². The van der Waals surface area contributed by atoms with Gasteiger partial charge >= 0.3 is 6.03 Å². The van der Waals surface area contributed by atoms with Crippen molar-refractivity contribution in [3.05, 3.63) is 53.3 Å². The van der Waals surface area contributed by atoms with Crippen molar-refractivity contribution in [1.29, 1.82) is 0 Å². The van der Waals surface area contributed by atoms with Crippen LogP contribution < -0.4 is 0 Å². The van der Waals surface area contributed by atoms with E-state index < -0.39 is 54.5 Å². The molecule has 3 aromatic rings. The minimum absolute atomic E-state index is 0.0292. The Morgan fingerprint density at radius 1 is 1.14 bits per heavy atom. The van der Waals surface area contributed by atoms with Crippen LogP contribution in [0.3, 0.4) is 0 Å². The Kier molecular flexibility index (Phi) is 8.82. The summed E-state index contributed by atoms with van der Waals surface area (Å²) in [7, 11) is 4.87. The molecular weight excluding hydrogens is 561 g/mol. The minimum atomic E-state index is -1.60. The number of carbonyl (C=O) groups excluding carboxylic acids is 1. The average Bonchev–Trinajstić information content (AvgIpc) is 3.66. The number of ether oxygens (including phenoxy) is 2. The van der Waals surface area contributed by atoms with Crippen LogP contribution in [0, 0.1) is 17.5 Å². The Morgan fingerprint density at radius 2 is 1.83 bits per heavy atom. The molecule has 5 atom stereocenters. The molecule has 0 unspecified atom stereocenters. The molecule has 1 aromatic carbocycles. The zero-order chi connectivity index (χ0) is 30.1. The number of aliphatic hydroxyl groups is 2. The summed E-state index contributed by atoms with van der Waals surface area (Å²) in [5, 5.41) is 33.2. The molecule has 15 heteroatoms. The van der Waals surface area contributed by atoms with E-state index in [-0.39, 0.29) is 29.6 Å². The molecule has 5 rings (SSSR count). The number of urea groups is 1. The molecule has 42 heavy (non-hydrogen) atoms. The summed E-state index contributed by atoms with van der Waals surface area (Å²) in [4.78, 5) is 15.6. The van der Waals surface area contributed by atoms with Crippen LogP contribution in [0.2, 0.25) is 0 Å². The second kappa shape index (κ2) is 12.4. The number of aromatic nitrogens is 4. The molecule has 2 amide bonds. The van der Waals surface area contributed by atoms with Crippen molar-refractivity contribution in [3.8, 4) is 11.3 Å². The second-order valence-corrected chi connectivity index (χ2v) is 10.8. The van der Waals surface area contributed by atoms with Gasteiger partial charge in [0, 0.05) is 58.3 Å². The van der Waals surface area contributed by atoms with E-state index >= 15 is 0 Å². The van der Waals surface area contributed by atoms with Gasteiger partial charge in [-0.1, -0.05) is 10.4 Å². The van der Waals surface area contributed by atoms with Crippen molar-refractivity contribution in [2.75, 3.05) is 40.9 Å². The summed E-state index contributed by atoms with van der Waals surface area (Å²) in [6.07, 6.45) is -0.774. The van der Waals surface area contributed by atoms with Crippen LogP contribution in [-0.2, 0) is 15.9 Å². The zero-order valence-electron chi connectivity index (χ0n) is 23.4. The van der Waals surface area contributed by atoms with Crippen molar-refractivity contribution in [2.45, 2.75) is 55.6 Å². The Balaban J connectivity index is 1.33. The highest BCUT2D eigenvalue weighted by molar-refractivity contribution is 5.73. The van der Waals surface area contributed by atoms with Crippen LogP contribution in [0.25, 0.3) is 11.3 Å². The first-order valence-corrected chi connectivity index (χ1v) is 13.6. The molecule has 0 radical (unpaired) electrons. The monoisotopic (exact) mass is 594 g/mol. The summed E-state index contributed by atoms with van der Waals surface area (Å²) in [6.45, 7) is 0.697. The molecule has 228 valence electrons. The Labute approximate surface area is 239 Å². The molecule has 4 heterocycles. The molecule has 0 saturated carbocycles. The first-order valence-electron chi connectivity index (χ1n) is 13.6. The molecule has 2 saturated heterocycles. The lowest BCUT2D eigenvalue weighted by Gasteiger charge is -2.43. The van der Waals surface area contributed by atoms with Crippen molar-refractivity contribution in [3.63, 3.8) is 0 Å². The number of benzene rings is 1. The molecular formula is C27H33F3N6O6. The predicted octanol–water partition coefficient (Wildman–Crippen LogP) is 2.13. The maximum atomic E-state index is 13.8. The first kappa shape index (κ1) is 29.9. The Morgan fingerprint density at radius 3 is 2.45 bits per heavy atom. The van der Waals surface area contributed by atoms with Crippen LogP contribution >= 0.6 is 0 Å². The van der Waals surface area contributed by atoms with Crippen LogP contribution in [0.1, 0.15) is 36.3 Å². The number of nitrogens with zero attached hydrogens (tertiary/aromatic N) is 6. The Bertz CT molecular complexity index is 1370. The number of hydrogen-bond acceptors (Lipinski definition) is 9. The van der Waals surface area contributed by atoms with E-state index in [2.05, 4.69) is 15.5 Å². The van der Waals surface area contributed by atoms with Gasteiger partial charge in [-0.3, -0.25) is 0 Å². The molecule has 0 aliphatic carbocycles. The van der Waals surface area contributed by atoms with Gasteiger partial charge in [0.15, 0.2) is 17.5 Å². The largest absolute Gasteiger partial charge is 0.394 e. The van der Waals surface area contributed by atoms with Gasteiger partial charge in [0.1, 0.15) is 35.8 Å². The number of rotatable bonds is 7. The van der Waals surface area contributed by atoms with E-state index in [1.165, 1.54) is 18.0 Å². The van der Waals surface area contributed by atoms with Crippen molar-refractivity contribution >= 4 is 6.03 Å². The lowest BCUT2D eigenvalue weighted by atomic mass is 9.89. The van der Waals surface area contributed by atoms with Crippen molar-refractivity contribution in [2.24, 2.45) is 0 Å². The standard InChI is InChI=1S/C27H33F3N6O6/c1-34(2)27(39)35-6-4-14(5-7-35)20-10-16(32-42-20)11-21-26(40-3)24(25(38)22(13-37)41-21)36-12-19(31-33-36)15-8-17(28)23(30)18(29)9-15/h8-10,12,14,21-22,24-26,37-38H,4-7,11,13H2,1-3H3/t21-,22-,24+,25+,26+/m1/s1. The third-order valence-corrected chi connectivity index (χ3v) is 7.87. The van der Waals surface area contributed by atoms with E-state index in [0.717, 1.165) is 25.0 Å². The van der Waals surface area contributed by atoms with Gasteiger partial charge in [-0.2, -0.15) is 0 Å². The van der Waals surface area contributed by atoms with Gasteiger partial charge in [0.2, 0.25) is 0 Å². The maximum Gasteiger partial charge on any atom is 0.319 e. The number of halogens is 3. The summed E-state index contributed by atoms with van der Waals surface area (Å²) in [5.41, 5.74) is 0.570. The number of aliphatic hydroxyl groups excluding tert-OH is 2. The topological polar surface area (TPSA) is 139 Å². The van der Waals surface area contributed by atoms with Gasteiger partial charge in [0.25, 0.3) is 0 Å². The van der Waals surface area contributed by atoms with Gasteiger partial charge < -0.3 is 34.0 Å². The summed E-state index contributed by atoms with van der Waals surface area (Å²) < 4.78 is 59.7. The molecule has 2 aromatic heterocycles. The molecule has 12 nitrogen and oxygen atoms in total. The summed E-state index contributed by atoms with van der Waals surface area (Å²) >= 11 is 0. The second-order valence-electron chi connectivity index (χ2n) is 10.8. The number of hydrogen-bond donors (Lipinski definition) is 2. The van der Waals surface area contributed by atoms with E-state index in [4.69, 9.17) is 14.0 Å². The number of methoxy groups -OCH3 is 1. The third-order valence-electron chi connectivity index (χ3n) is 7.87. The van der Waals surface area contributed by atoms with Gasteiger partial charge in [-0.25, -0.2) is 22.6 Å².